The van der Waals surface area contributed by atoms with Gasteiger partial charge in [0.05, 0.1) is 36.4 Å². The quantitative estimate of drug-likeness (QED) is 0.915. The lowest BCUT2D eigenvalue weighted by Gasteiger charge is -2.14. The molecule has 5 nitrogen and oxygen atoms in total. The maximum atomic E-state index is 9.16. The molecular weight excluding hydrogens is 312 g/mol. The molecule has 0 saturated heterocycles. The van der Waals surface area contributed by atoms with Crippen LogP contribution in [-0.4, -0.2) is 21.8 Å². The van der Waals surface area contributed by atoms with Crippen LogP contribution in [0.3, 0.4) is 0 Å². The molecule has 2 aromatic rings. The molecule has 0 spiro atoms. The molecule has 1 heterocycles. The highest BCUT2D eigenvalue weighted by Gasteiger charge is 2.12. The summed E-state index contributed by atoms with van der Waals surface area (Å²) in [7, 11) is 3.48. The number of aliphatic hydroxyl groups is 1. The number of aliphatic hydroxyl groups excluding tert-OH is 1. The van der Waals surface area contributed by atoms with E-state index < -0.39 is 0 Å². The second-order valence-electron chi connectivity index (χ2n) is 4.05. The predicted molar refractivity (Wildman–Crippen MR) is 74.2 cm³/mol. The van der Waals surface area contributed by atoms with Gasteiger partial charge in [-0.25, -0.2) is 4.98 Å². The normalized spacial score (nSPS) is 10.5. The maximum Gasteiger partial charge on any atom is 0.175 e. The number of halogens is 1. The number of aryl methyl sites for hydroxylation is 1. The molecule has 0 aliphatic heterocycles. The Kier molecular flexibility index (Phi) is 4.44. The minimum Gasteiger partial charge on any atom is -0.493 e. The van der Waals surface area contributed by atoms with E-state index in [1.165, 1.54) is 0 Å². The van der Waals surface area contributed by atoms with E-state index in [1.807, 2.05) is 11.6 Å². The van der Waals surface area contributed by atoms with E-state index in [1.54, 1.807) is 31.8 Å². The van der Waals surface area contributed by atoms with Gasteiger partial charge in [-0.3, -0.25) is 0 Å². The summed E-state index contributed by atoms with van der Waals surface area (Å²) in [6.07, 6.45) is 3.47. The van der Waals surface area contributed by atoms with Gasteiger partial charge in [-0.1, -0.05) is 0 Å². The Hall–Kier alpha value is -1.53. The fraction of sp³-hybridized carbons (Fsp3) is 0.308. The monoisotopic (exact) mass is 326 g/mol. The third kappa shape index (κ3) is 3.08. The summed E-state index contributed by atoms with van der Waals surface area (Å²) < 4.78 is 13.7. The van der Waals surface area contributed by atoms with Crippen LogP contribution in [0.5, 0.6) is 11.5 Å². The number of hydrogen-bond acceptors (Lipinski definition) is 4. The number of ether oxygens (including phenoxy) is 2. The molecule has 0 amide bonds. The molecular formula is C13H15BrN2O3. The fourth-order valence-corrected chi connectivity index (χ4v) is 2.28. The maximum absolute atomic E-state index is 9.16. The molecule has 1 aromatic carbocycles. The minimum atomic E-state index is -0.0447. The zero-order chi connectivity index (χ0) is 13.8. The van der Waals surface area contributed by atoms with Gasteiger partial charge in [0.1, 0.15) is 6.61 Å². The Morgan fingerprint density at radius 3 is 2.79 bits per heavy atom. The lowest BCUT2D eigenvalue weighted by atomic mass is 10.2. The molecule has 1 aromatic heterocycles. The summed E-state index contributed by atoms with van der Waals surface area (Å²) in [6.45, 7) is 0.348. The molecule has 2 rings (SSSR count). The highest BCUT2D eigenvalue weighted by atomic mass is 79.9. The van der Waals surface area contributed by atoms with E-state index in [-0.39, 0.29) is 6.61 Å². The van der Waals surface area contributed by atoms with Crippen LogP contribution in [0, 0.1) is 0 Å². The zero-order valence-corrected chi connectivity index (χ0v) is 12.3. The van der Waals surface area contributed by atoms with Crippen LogP contribution < -0.4 is 9.47 Å². The van der Waals surface area contributed by atoms with E-state index in [9.17, 15) is 0 Å². The fourth-order valence-electron chi connectivity index (χ4n) is 1.67. The highest BCUT2D eigenvalue weighted by Crippen LogP contribution is 2.37. The van der Waals surface area contributed by atoms with Crippen LogP contribution in [0.2, 0.25) is 0 Å². The first kappa shape index (κ1) is 13.9. The van der Waals surface area contributed by atoms with E-state index in [4.69, 9.17) is 14.6 Å². The van der Waals surface area contributed by atoms with E-state index in [0.29, 0.717) is 18.1 Å². The van der Waals surface area contributed by atoms with Crippen LogP contribution in [0.25, 0.3) is 0 Å². The second kappa shape index (κ2) is 6.08. The van der Waals surface area contributed by atoms with Crippen LogP contribution in [0.15, 0.2) is 29.1 Å². The number of hydrogen-bond donors (Lipinski definition) is 1. The van der Waals surface area contributed by atoms with Gasteiger partial charge in [-0.05, 0) is 33.6 Å². The molecule has 0 saturated carbocycles. The summed E-state index contributed by atoms with van der Waals surface area (Å²) in [5.74, 6) is 1.20. The van der Waals surface area contributed by atoms with Crippen molar-refractivity contribution < 1.29 is 14.6 Å². The number of aromatic nitrogens is 2. The summed E-state index contributed by atoms with van der Waals surface area (Å²) in [5, 5.41) is 9.16. The molecule has 0 atom stereocenters. The number of nitrogens with zero attached hydrogens (tertiary/aromatic N) is 2. The third-order valence-electron chi connectivity index (χ3n) is 2.75. The predicted octanol–water partition coefficient (Wildman–Crippen LogP) is 2.26. The highest BCUT2D eigenvalue weighted by molar-refractivity contribution is 9.10. The van der Waals surface area contributed by atoms with Crippen molar-refractivity contribution in [1.82, 2.24) is 9.55 Å². The first-order valence-corrected chi connectivity index (χ1v) is 6.50. The van der Waals surface area contributed by atoms with Crippen molar-refractivity contribution in [2.45, 2.75) is 13.2 Å². The molecule has 0 aliphatic carbocycles. The molecule has 0 unspecified atom stereocenters. The number of rotatable bonds is 5. The first-order valence-electron chi connectivity index (χ1n) is 5.71. The van der Waals surface area contributed by atoms with Gasteiger partial charge in [0.25, 0.3) is 0 Å². The minimum absolute atomic E-state index is 0.0447. The average Bonchev–Trinajstić information content (AvgIpc) is 2.82. The van der Waals surface area contributed by atoms with Crippen LogP contribution in [0.4, 0.5) is 0 Å². The van der Waals surface area contributed by atoms with Crippen molar-refractivity contribution in [3.63, 3.8) is 0 Å². The van der Waals surface area contributed by atoms with Gasteiger partial charge in [0.2, 0.25) is 0 Å². The average molecular weight is 327 g/mol. The topological polar surface area (TPSA) is 56.5 Å². The largest absolute Gasteiger partial charge is 0.493 e. The van der Waals surface area contributed by atoms with Gasteiger partial charge in [-0.2, -0.15) is 0 Å². The van der Waals surface area contributed by atoms with E-state index in [2.05, 4.69) is 20.9 Å². The van der Waals surface area contributed by atoms with Crippen LogP contribution in [-0.2, 0) is 20.3 Å². The molecule has 0 radical (unpaired) electrons. The molecule has 19 heavy (non-hydrogen) atoms. The summed E-state index contributed by atoms with van der Waals surface area (Å²) in [5.41, 5.74) is 1.72. The smallest absolute Gasteiger partial charge is 0.175 e. The Balaban J connectivity index is 2.22. The summed E-state index contributed by atoms with van der Waals surface area (Å²) in [6, 6.07) is 3.56. The standard InChI is InChI=1S/C13H15BrN2O3/c1-16-8-15-5-10(16)7-19-13-11(14)3-9(6-17)4-12(13)18-2/h3-5,8,17H,6-7H2,1-2H3. The lowest BCUT2D eigenvalue weighted by Crippen LogP contribution is -2.03. The van der Waals surface area contributed by atoms with Crippen molar-refractivity contribution >= 4 is 15.9 Å². The van der Waals surface area contributed by atoms with E-state index in [0.717, 1.165) is 15.7 Å². The van der Waals surface area contributed by atoms with Crippen LogP contribution in [0.1, 0.15) is 11.3 Å². The number of imidazole rings is 1. The first-order chi connectivity index (χ1) is 9.15. The SMILES string of the molecule is COc1cc(CO)cc(Br)c1OCc1cncn1C. The second-order valence-corrected chi connectivity index (χ2v) is 4.91. The van der Waals surface area contributed by atoms with Crippen molar-refractivity contribution in [2.24, 2.45) is 7.05 Å². The third-order valence-corrected chi connectivity index (χ3v) is 3.34. The molecule has 6 heteroatoms. The molecule has 0 aliphatic rings. The Labute approximate surface area is 119 Å². The van der Waals surface area contributed by atoms with Gasteiger partial charge in [0.15, 0.2) is 11.5 Å². The summed E-state index contributed by atoms with van der Waals surface area (Å²) in [4.78, 5) is 4.03. The molecule has 0 bridgehead atoms. The summed E-state index contributed by atoms with van der Waals surface area (Å²) >= 11 is 3.42. The number of benzene rings is 1. The van der Waals surface area contributed by atoms with Gasteiger partial charge >= 0.3 is 0 Å². The Morgan fingerprint density at radius 1 is 1.42 bits per heavy atom. The van der Waals surface area contributed by atoms with Crippen LogP contribution >= 0.6 is 15.9 Å². The zero-order valence-electron chi connectivity index (χ0n) is 10.8. The molecule has 102 valence electrons. The Bertz CT molecular complexity index is 569. The molecule has 1 N–H and O–H groups in total. The van der Waals surface area contributed by atoms with Gasteiger partial charge in [0, 0.05) is 7.05 Å². The van der Waals surface area contributed by atoms with Crippen molar-refractivity contribution in [3.8, 4) is 11.5 Å². The number of methoxy groups -OCH3 is 1. The van der Waals surface area contributed by atoms with E-state index >= 15 is 0 Å². The van der Waals surface area contributed by atoms with Crippen molar-refractivity contribution in [2.75, 3.05) is 7.11 Å². The Morgan fingerprint density at radius 2 is 2.21 bits per heavy atom. The molecule has 0 fully saturated rings. The van der Waals surface area contributed by atoms with Crippen molar-refractivity contribution in [1.29, 1.82) is 0 Å². The van der Waals surface area contributed by atoms with Crippen molar-refractivity contribution in [3.05, 3.63) is 40.4 Å². The van der Waals surface area contributed by atoms with Gasteiger partial charge < -0.3 is 19.1 Å². The van der Waals surface area contributed by atoms with Gasteiger partial charge in [-0.15, -0.1) is 0 Å². The lowest BCUT2D eigenvalue weighted by molar-refractivity contribution is 0.269.